The van der Waals surface area contributed by atoms with E-state index in [1.165, 1.54) is 11.8 Å². The van der Waals surface area contributed by atoms with Crippen molar-refractivity contribution in [3.05, 3.63) is 0 Å². The van der Waals surface area contributed by atoms with Crippen molar-refractivity contribution < 1.29 is 8.42 Å². The van der Waals surface area contributed by atoms with Crippen LogP contribution in [0.4, 0.5) is 0 Å². The molecule has 3 N–H and O–H groups in total. The van der Waals surface area contributed by atoms with Crippen LogP contribution in [0.3, 0.4) is 0 Å². The second kappa shape index (κ2) is 5.42. The van der Waals surface area contributed by atoms with Gasteiger partial charge in [0, 0.05) is 11.5 Å². The summed E-state index contributed by atoms with van der Waals surface area (Å²) in [5.41, 5.74) is 5.07. The van der Waals surface area contributed by atoms with Crippen LogP contribution in [0.1, 0.15) is 13.3 Å². The summed E-state index contributed by atoms with van der Waals surface area (Å²) in [7, 11) is -2.84. The van der Waals surface area contributed by atoms with Gasteiger partial charge in [-0.05, 0) is 6.42 Å². The highest BCUT2D eigenvalue weighted by Crippen LogP contribution is 2.02. The van der Waals surface area contributed by atoms with Crippen LogP contribution < -0.4 is 5.73 Å². The van der Waals surface area contributed by atoms with E-state index < -0.39 is 9.84 Å². The number of nitrogens with two attached hydrogens (primary N) is 1. The highest BCUT2D eigenvalue weighted by Gasteiger charge is 2.06. The smallest absolute Gasteiger partial charge is 0.151 e. The van der Waals surface area contributed by atoms with Gasteiger partial charge in [-0.3, -0.25) is 5.41 Å². The average molecular weight is 210 g/mol. The fourth-order valence-electron chi connectivity index (χ4n) is 0.605. The lowest BCUT2D eigenvalue weighted by atomic mass is 10.6. The first-order chi connectivity index (χ1) is 5.48. The zero-order chi connectivity index (χ0) is 9.61. The first-order valence-electron chi connectivity index (χ1n) is 3.65. The SMILES string of the molecule is CCS(=O)(=O)CCCSC(=N)N. The lowest BCUT2D eigenvalue weighted by Crippen LogP contribution is -2.11. The molecule has 0 aromatic heterocycles. The second-order valence-electron chi connectivity index (χ2n) is 2.30. The molecule has 0 heterocycles. The summed E-state index contributed by atoms with van der Waals surface area (Å²) in [5.74, 6) is 0.996. The standard InChI is InChI=1S/C6H14N2O2S2/c1-2-12(9,10)5-3-4-11-6(7)8/h2-5H2,1H3,(H3,7,8). The molecule has 0 spiro atoms. The predicted molar refractivity (Wildman–Crippen MR) is 53.3 cm³/mol. The molecule has 4 nitrogen and oxygen atoms in total. The van der Waals surface area contributed by atoms with E-state index >= 15 is 0 Å². The number of amidine groups is 1. The zero-order valence-electron chi connectivity index (χ0n) is 7.04. The molecule has 72 valence electrons. The molecule has 0 amide bonds. The Morgan fingerprint density at radius 2 is 2.17 bits per heavy atom. The number of hydrogen-bond donors (Lipinski definition) is 2. The maximum Gasteiger partial charge on any atom is 0.151 e. The van der Waals surface area contributed by atoms with Gasteiger partial charge in [-0.2, -0.15) is 0 Å². The van der Waals surface area contributed by atoms with Gasteiger partial charge >= 0.3 is 0 Å². The first-order valence-corrected chi connectivity index (χ1v) is 6.46. The van der Waals surface area contributed by atoms with Crippen LogP contribution in [-0.4, -0.2) is 30.8 Å². The van der Waals surface area contributed by atoms with E-state index in [0.29, 0.717) is 12.2 Å². The lowest BCUT2D eigenvalue weighted by molar-refractivity contribution is 0.596. The van der Waals surface area contributed by atoms with Crippen LogP contribution in [0.2, 0.25) is 0 Å². The van der Waals surface area contributed by atoms with E-state index in [9.17, 15) is 8.42 Å². The number of rotatable bonds is 5. The third-order valence-electron chi connectivity index (χ3n) is 1.30. The Bertz CT molecular complexity index is 236. The van der Waals surface area contributed by atoms with Gasteiger partial charge in [0.15, 0.2) is 5.17 Å². The summed E-state index contributed by atoms with van der Waals surface area (Å²) in [4.78, 5) is 0. The van der Waals surface area contributed by atoms with Gasteiger partial charge in [0.05, 0.1) is 5.75 Å². The third-order valence-corrected chi connectivity index (χ3v) is 3.89. The number of sulfone groups is 1. The van der Waals surface area contributed by atoms with E-state index in [1.807, 2.05) is 0 Å². The van der Waals surface area contributed by atoms with Crippen molar-refractivity contribution in [3.8, 4) is 0 Å². The average Bonchev–Trinajstić information content (AvgIpc) is 1.98. The first kappa shape index (κ1) is 11.8. The molecule has 6 heteroatoms. The van der Waals surface area contributed by atoms with Gasteiger partial charge in [0.1, 0.15) is 9.84 Å². The normalized spacial score (nSPS) is 11.4. The summed E-state index contributed by atoms with van der Waals surface area (Å²) in [5, 5.41) is 6.91. The summed E-state index contributed by atoms with van der Waals surface area (Å²) in [6, 6.07) is 0. The van der Waals surface area contributed by atoms with E-state index in [4.69, 9.17) is 11.1 Å². The van der Waals surface area contributed by atoms with Crippen LogP contribution in [0, 0.1) is 5.41 Å². The van der Waals surface area contributed by atoms with E-state index in [0.717, 1.165) is 0 Å². The van der Waals surface area contributed by atoms with Crippen molar-refractivity contribution >= 4 is 26.8 Å². The molecule has 0 saturated carbocycles. The van der Waals surface area contributed by atoms with E-state index in [-0.39, 0.29) is 16.7 Å². The predicted octanol–water partition coefficient (Wildman–Crippen LogP) is 0.438. The minimum absolute atomic E-state index is 0.0453. The second-order valence-corrected chi connectivity index (χ2v) is 5.91. The van der Waals surface area contributed by atoms with Crippen LogP contribution in [-0.2, 0) is 9.84 Å². The van der Waals surface area contributed by atoms with Crippen molar-refractivity contribution in [2.45, 2.75) is 13.3 Å². The molecule has 0 saturated heterocycles. The molecule has 0 fully saturated rings. The fraction of sp³-hybridized carbons (Fsp3) is 0.833. The molecule has 0 aliphatic carbocycles. The van der Waals surface area contributed by atoms with E-state index in [2.05, 4.69) is 0 Å². The number of nitrogens with one attached hydrogen (secondary N) is 1. The highest BCUT2D eigenvalue weighted by atomic mass is 32.2. The van der Waals surface area contributed by atoms with Crippen molar-refractivity contribution in [1.29, 1.82) is 5.41 Å². The fourth-order valence-corrected chi connectivity index (χ4v) is 2.17. The molecule has 0 bridgehead atoms. The molecule has 0 aromatic carbocycles. The number of thioether (sulfide) groups is 1. The van der Waals surface area contributed by atoms with Crippen molar-refractivity contribution in [2.75, 3.05) is 17.3 Å². The van der Waals surface area contributed by atoms with Gasteiger partial charge < -0.3 is 5.73 Å². The summed E-state index contributed by atoms with van der Waals surface area (Å²) in [6.45, 7) is 1.63. The maximum absolute atomic E-state index is 10.9. The van der Waals surface area contributed by atoms with Gasteiger partial charge in [0.25, 0.3) is 0 Å². The van der Waals surface area contributed by atoms with Crippen molar-refractivity contribution in [2.24, 2.45) is 5.73 Å². The molecule has 0 rings (SSSR count). The molecule has 0 radical (unpaired) electrons. The van der Waals surface area contributed by atoms with Gasteiger partial charge in [0.2, 0.25) is 0 Å². The van der Waals surface area contributed by atoms with Crippen LogP contribution in [0.15, 0.2) is 0 Å². The summed E-state index contributed by atoms with van der Waals surface area (Å²) < 4.78 is 21.9. The Kier molecular flexibility index (Phi) is 5.32. The molecular weight excluding hydrogens is 196 g/mol. The highest BCUT2D eigenvalue weighted by molar-refractivity contribution is 8.13. The van der Waals surface area contributed by atoms with Crippen molar-refractivity contribution in [1.82, 2.24) is 0 Å². The van der Waals surface area contributed by atoms with Gasteiger partial charge in [-0.15, -0.1) is 0 Å². The Morgan fingerprint density at radius 1 is 1.58 bits per heavy atom. The van der Waals surface area contributed by atoms with Crippen molar-refractivity contribution in [3.63, 3.8) is 0 Å². The molecule has 0 atom stereocenters. The lowest BCUT2D eigenvalue weighted by Gasteiger charge is -1.99. The third kappa shape index (κ3) is 6.48. The summed E-state index contributed by atoms with van der Waals surface area (Å²) >= 11 is 1.18. The van der Waals surface area contributed by atoms with E-state index in [1.54, 1.807) is 6.92 Å². The summed E-state index contributed by atoms with van der Waals surface area (Å²) in [6.07, 6.45) is 0.570. The monoisotopic (exact) mass is 210 g/mol. The van der Waals surface area contributed by atoms with Gasteiger partial charge in [-0.25, -0.2) is 8.42 Å². The quantitative estimate of drug-likeness (QED) is 0.392. The molecule has 0 aliphatic heterocycles. The maximum atomic E-state index is 10.9. The minimum Gasteiger partial charge on any atom is -0.379 e. The molecule has 12 heavy (non-hydrogen) atoms. The molecule has 0 unspecified atom stereocenters. The topological polar surface area (TPSA) is 84.0 Å². The Hall–Kier alpha value is -0.230. The van der Waals surface area contributed by atoms with Crippen LogP contribution in [0.25, 0.3) is 0 Å². The zero-order valence-corrected chi connectivity index (χ0v) is 8.67. The minimum atomic E-state index is -2.84. The molecule has 0 aromatic rings. The number of hydrogen-bond acceptors (Lipinski definition) is 4. The Labute approximate surface area is 77.3 Å². The van der Waals surface area contributed by atoms with Gasteiger partial charge in [-0.1, -0.05) is 18.7 Å². The van der Waals surface area contributed by atoms with Crippen LogP contribution in [0.5, 0.6) is 0 Å². The Morgan fingerprint density at radius 3 is 2.58 bits per heavy atom. The Balaban J connectivity index is 3.51. The molecule has 0 aliphatic rings. The molecular formula is C6H14N2O2S2. The largest absolute Gasteiger partial charge is 0.379 e. The van der Waals surface area contributed by atoms with Crippen LogP contribution >= 0.6 is 11.8 Å².